The number of methoxy groups -OCH3 is 2. The van der Waals surface area contributed by atoms with Gasteiger partial charge in [-0.1, -0.05) is 12.1 Å². The summed E-state index contributed by atoms with van der Waals surface area (Å²) in [4.78, 5) is 3.47. The van der Waals surface area contributed by atoms with Gasteiger partial charge >= 0.3 is 0 Å². The van der Waals surface area contributed by atoms with Crippen LogP contribution in [0.2, 0.25) is 0 Å². The van der Waals surface area contributed by atoms with E-state index in [0.717, 1.165) is 21.1 Å². The van der Waals surface area contributed by atoms with Crippen molar-refractivity contribution in [3.8, 4) is 11.5 Å². The lowest BCUT2D eigenvalue weighted by Crippen LogP contribution is -2.14. The number of ether oxygens (including phenoxy) is 3. The molecule has 0 aliphatic carbocycles. The van der Waals surface area contributed by atoms with Crippen LogP contribution < -0.4 is 14.4 Å². The van der Waals surface area contributed by atoms with Gasteiger partial charge in [0, 0.05) is 25.7 Å². The van der Waals surface area contributed by atoms with E-state index in [1.165, 1.54) is 0 Å². The molecule has 5 nitrogen and oxygen atoms in total. The summed E-state index contributed by atoms with van der Waals surface area (Å²) >= 11 is 0. The Hall–Kier alpha value is -2.31. The lowest BCUT2D eigenvalue weighted by atomic mass is 10.1. The third-order valence-corrected chi connectivity index (χ3v) is 5.84. The second-order valence-corrected chi connectivity index (χ2v) is 7.51. The van der Waals surface area contributed by atoms with E-state index in [2.05, 4.69) is 0 Å². The topological polar surface area (TPSA) is 48.0 Å². The van der Waals surface area contributed by atoms with Crippen molar-refractivity contribution in [2.45, 2.75) is 11.0 Å². The van der Waals surface area contributed by atoms with Crippen molar-refractivity contribution < 1.29 is 18.4 Å². The van der Waals surface area contributed by atoms with Crippen LogP contribution in [-0.4, -0.2) is 39.1 Å². The number of nitrogens with zero attached hydrogens (tertiary/aromatic N) is 1. The van der Waals surface area contributed by atoms with Crippen molar-refractivity contribution >= 4 is 16.5 Å². The monoisotopic (exact) mass is 373 g/mol. The lowest BCUT2D eigenvalue weighted by Gasteiger charge is -2.21. The summed E-state index contributed by atoms with van der Waals surface area (Å²) < 4.78 is 30.0. The molecule has 0 radical (unpaired) electrons. The molecule has 2 aromatic carbocycles. The second-order valence-electron chi connectivity index (χ2n) is 6.06. The molecule has 2 atom stereocenters. The highest BCUT2D eigenvalue weighted by Gasteiger charge is 2.31. The van der Waals surface area contributed by atoms with Gasteiger partial charge in [0.05, 0.1) is 47.1 Å². The van der Waals surface area contributed by atoms with Crippen molar-refractivity contribution in [2.24, 2.45) is 0 Å². The number of anilines is 1. The van der Waals surface area contributed by atoms with E-state index in [9.17, 15) is 4.21 Å². The van der Waals surface area contributed by atoms with E-state index in [4.69, 9.17) is 14.2 Å². The zero-order valence-electron chi connectivity index (χ0n) is 15.4. The van der Waals surface area contributed by atoms with E-state index in [1.807, 2.05) is 67.5 Å². The van der Waals surface area contributed by atoms with E-state index >= 15 is 0 Å². The maximum absolute atomic E-state index is 13.3. The molecule has 1 aliphatic heterocycles. The molecule has 26 heavy (non-hydrogen) atoms. The van der Waals surface area contributed by atoms with Crippen molar-refractivity contribution in [3.63, 3.8) is 0 Å². The van der Waals surface area contributed by atoms with Gasteiger partial charge in [-0.2, -0.15) is 0 Å². The fourth-order valence-electron chi connectivity index (χ4n) is 2.98. The average Bonchev–Trinajstić information content (AvgIpc) is 3.16. The smallest absolute Gasteiger partial charge is 0.128 e. The molecule has 1 aliphatic rings. The van der Waals surface area contributed by atoms with Gasteiger partial charge in [0.2, 0.25) is 0 Å². The minimum Gasteiger partial charge on any atom is -0.497 e. The van der Waals surface area contributed by atoms with Gasteiger partial charge in [0.25, 0.3) is 0 Å². The number of hydrogen-bond acceptors (Lipinski definition) is 5. The van der Waals surface area contributed by atoms with Crippen LogP contribution in [0.15, 0.2) is 58.3 Å². The Bertz CT molecular complexity index is 847. The molecule has 138 valence electrons. The maximum Gasteiger partial charge on any atom is 0.128 e. The number of benzene rings is 2. The molecule has 2 aromatic rings. The summed E-state index contributed by atoms with van der Waals surface area (Å²) in [5.74, 6) is 1.35. The average molecular weight is 373 g/mol. The molecule has 0 fully saturated rings. The molecule has 1 unspecified atom stereocenters. The van der Waals surface area contributed by atoms with Crippen LogP contribution in [0.4, 0.5) is 5.69 Å². The number of rotatable bonds is 6. The van der Waals surface area contributed by atoms with E-state index < -0.39 is 16.9 Å². The van der Waals surface area contributed by atoms with E-state index in [0.29, 0.717) is 18.1 Å². The molecule has 0 saturated heterocycles. The predicted octanol–water partition coefficient (Wildman–Crippen LogP) is 3.53. The first-order valence-corrected chi connectivity index (χ1v) is 9.43. The number of para-hydroxylation sites is 1. The molecule has 6 heteroatoms. The largest absolute Gasteiger partial charge is 0.497 e. The number of hydrogen-bond donors (Lipinski definition) is 0. The molecule has 1 heterocycles. The van der Waals surface area contributed by atoms with Crippen LogP contribution in [-0.2, 0) is 15.5 Å². The van der Waals surface area contributed by atoms with Crippen molar-refractivity contribution in [1.82, 2.24) is 0 Å². The maximum atomic E-state index is 13.3. The quantitative estimate of drug-likeness (QED) is 0.775. The van der Waals surface area contributed by atoms with Crippen LogP contribution in [0.5, 0.6) is 11.5 Å². The molecule has 0 N–H and O–H groups in total. The summed E-state index contributed by atoms with van der Waals surface area (Å²) in [6.45, 7) is 0.422. The van der Waals surface area contributed by atoms with Gasteiger partial charge in [-0.25, -0.2) is 4.21 Å². The van der Waals surface area contributed by atoms with Gasteiger partial charge in [-0.05, 0) is 30.3 Å². The molecule has 0 saturated carbocycles. The summed E-state index contributed by atoms with van der Waals surface area (Å²) in [5.41, 5.74) is 1.77. The summed E-state index contributed by atoms with van der Waals surface area (Å²) in [5, 5.41) is 0. The first kappa shape index (κ1) is 18.5. The van der Waals surface area contributed by atoms with Gasteiger partial charge in [-0.15, -0.1) is 0 Å². The highest BCUT2D eigenvalue weighted by Crippen LogP contribution is 2.41. The zero-order valence-corrected chi connectivity index (χ0v) is 16.2. The highest BCUT2D eigenvalue weighted by molar-refractivity contribution is 7.89. The van der Waals surface area contributed by atoms with E-state index in [-0.39, 0.29) is 0 Å². The molecular formula is C20H23NO4S. The van der Waals surface area contributed by atoms with Crippen molar-refractivity contribution in [1.29, 1.82) is 0 Å². The predicted molar refractivity (Wildman–Crippen MR) is 103 cm³/mol. The Morgan fingerprint density at radius 1 is 1.12 bits per heavy atom. The Labute approximate surface area is 156 Å². The van der Waals surface area contributed by atoms with Crippen LogP contribution >= 0.6 is 0 Å². The Morgan fingerprint density at radius 3 is 2.58 bits per heavy atom. The van der Waals surface area contributed by atoms with Gasteiger partial charge in [0.1, 0.15) is 17.6 Å². The first-order chi connectivity index (χ1) is 12.6. The summed E-state index contributed by atoms with van der Waals surface area (Å²) in [7, 11) is 5.77. The SMILES string of the molecule is COc1ccc([C@@H]2OCC=C2S(=O)c2ccccc2N(C)C)c(OC)c1. The Morgan fingerprint density at radius 2 is 1.88 bits per heavy atom. The van der Waals surface area contributed by atoms with Gasteiger partial charge in [0.15, 0.2) is 0 Å². The highest BCUT2D eigenvalue weighted by atomic mass is 32.2. The van der Waals surface area contributed by atoms with Crippen LogP contribution in [0, 0.1) is 0 Å². The second kappa shape index (κ2) is 7.93. The molecule has 0 aromatic heterocycles. The first-order valence-electron chi connectivity index (χ1n) is 8.28. The fraction of sp³-hybridized carbons (Fsp3) is 0.300. The molecule has 3 rings (SSSR count). The minimum absolute atomic E-state index is 0.410. The van der Waals surface area contributed by atoms with Crippen LogP contribution in [0.1, 0.15) is 11.7 Å². The molecule has 0 spiro atoms. The van der Waals surface area contributed by atoms with Gasteiger partial charge < -0.3 is 19.1 Å². The van der Waals surface area contributed by atoms with Gasteiger partial charge in [-0.3, -0.25) is 0 Å². The minimum atomic E-state index is -1.33. The van der Waals surface area contributed by atoms with Crippen LogP contribution in [0.25, 0.3) is 0 Å². The standard InChI is InChI=1S/C20H23NO4S/c1-21(2)16-7-5-6-8-18(16)26(22)19-11-12-25-20(19)15-10-9-14(23-3)13-17(15)24-4/h5-11,13,20H,12H2,1-4H3/t20-,26?/m0/s1. The Balaban J connectivity index is 1.98. The van der Waals surface area contributed by atoms with Crippen molar-refractivity contribution in [3.05, 3.63) is 59.0 Å². The normalized spacial score (nSPS) is 17.5. The summed E-state index contributed by atoms with van der Waals surface area (Å²) in [6, 6.07) is 13.3. The molecular weight excluding hydrogens is 350 g/mol. The van der Waals surface area contributed by atoms with Crippen molar-refractivity contribution in [2.75, 3.05) is 39.8 Å². The summed E-state index contributed by atoms with van der Waals surface area (Å²) in [6.07, 6.45) is 1.49. The molecule has 0 bridgehead atoms. The Kier molecular flexibility index (Phi) is 5.64. The third-order valence-electron chi connectivity index (χ3n) is 4.29. The molecule has 0 amide bonds. The fourth-order valence-corrected chi connectivity index (χ4v) is 4.48. The zero-order chi connectivity index (χ0) is 18.7. The lowest BCUT2D eigenvalue weighted by molar-refractivity contribution is 0.124. The van der Waals surface area contributed by atoms with Crippen LogP contribution in [0.3, 0.4) is 0 Å². The third kappa shape index (κ3) is 3.48. The van der Waals surface area contributed by atoms with E-state index in [1.54, 1.807) is 14.2 Å².